The predicted octanol–water partition coefficient (Wildman–Crippen LogP) is 4.57. The van der Waals surface area contributed by atoms with E-state index in [0.29, 0.717) is 5.82 Å². The van der Waals surface area contributed by atoms with Gasteiger partial charge in [0.25, 0.3) is 0 Å². The molecule has 0 saturated heterocycles. The van der Waals surface area contributed by atoms with Crippen LogP contribution in [0.1, 0.15) is 44.1 Å². The number of nitrogens with zero attached hydrogens (tertiary/aromatic N) is 3. The molecule has 2 aromatic rings. The number of hydrogen-bond donors (Lipinski definition) is 2. The van der Waals surface area contributed by atoms with Crippen molar-refractivity contribution in [3.63, 3.8) is 0 Å². The lowest BCUT2D eigenvalue weighted by Crippen LogP contribution is -2.20. The number of hydrogen-bond acceptors (Lipinski definition) is 6. The molecule has 7 nitrogen and oxygen atoms in total. The molecule has 1 aliphatic carbocycles. The summed E-state index contributed by atoms with van der Waals surface area (Å²) in [5.41, 5.74) is 1.73. The molecule has 1 aromatic carbocycles. The van der Waals surface area contributed by atoms with Gasteiger partial charge in [-0.2, -0.15) is 0 Å². The highest BCUT2D eigenvalue weighted by Gasteiger charge is 2.25. The zero-order valence-electron chi connectivity index (χ0n) is 14.4. The van der Waals surface area contributed by atoms with E-state index in [2.05, 4.69) is 20.6 Å². The number of nitro groups is 1. The zero-order valence-corrected chi connectivity index (χ0v) is 14.4. The van der Waals surface area contributed by atoms with Crippen molar-refractivity contribution in [1.82, 2.24) is 9.97 Å². The van der Waals surface area contributed by atoms with Crippen LogP contribution in [-0.4, -0.2) is 20.9 Å². The minimum atomic E-state index is -0.419. The van der Waals surface area contributed by atoms with Crippen LogP contribution in [0.25, 0.3) is 0 Å². The van der Waals surface area contributed by atoms with Gasteiger partial charge in [-0.15, -0.1) is 0 Å². The average molecular weight is 341 g/mol. The number of aromatic nitrogens is 2. The summed E-state index contributed by atoms with van der Waals surface area (Å²) in [5, 5.41) is 18.0. The lowest BCUT2D eigenvalue weighted by atomic mass is 10.1. The first-order chi connectivity index (χ1) is 12.1. The molecule has 1 saturated carbocycles. The smallest absolute Gasteiger partial charge is 0.353 e. The summed E-state index contributed by atoms with van der Waals surface area (Å²) in [4.78, 5) is 19.5. The molecule has 0 atom stereocenters. The SMILES string of the molecule is Cc1cccc(Nc2ncnc(NC3CCCCCC3)c2[N+](=O)[O-])c1. The summed E-state index contributed by atoms with van der Waals surface area (Å²) in [6.45, 7) is 1.97. The van der Waals surface area contributed by atoms with Crippen molar-refractivity contribution < 1.29 is 4.92 Å². The van der Waals surface area contributed by atoms with Crippen LogP contribution in [0.3, 0.4) is 0 Å². The van der Waals surface area contributed by atoms with Crippen LogP contribution in [0.4, 0.5) is 23.0 Å². The number of nitrogens with one attached hydrogen (secondary N) is 2. The first kappa shape index (κ1) is 17.1. The molecule has 1 heterocycles. The molecule has 0 spiro atoms. The third-order valence-corrected chi connectivity index (χ3v) is 4.48. The van der Waals surface area contributed by atoms with Crippen LogP contribution < -0.4 is 10.6 Å². The van der Waals surface area contributed by atoms with Gasteiger partial charge in [0, 0.05) is 11.7 Å². The molecule has 1 fully saturated rings. The quantitative estimate of drug-likeness (QED) is 0.470. The molecule has 25 heavy (non-hydrogen) atoms. The van der Waals surface area contributed by atoms with E-state index in [1.54, 1.807) is 0 Å². The highest BCUT2D eigenvalue weighted by atomic mass is 16.6. The Morgan fingerprint density at radius 1 is 1.12 bits per heavy atom. The van der Waals surface area contributed by atoms with Gasteiger partial charge in [0.1, 0.15) is 6.33 Å². The average Bonchev–Trinajstić information content (AvgIpc) is 2.83. The summed E-state index contributed by atoms with van der Waals surface area (Å²) < 4.78 is 0. The minimum Gasteiger partial charge on any atom is -0.361 e. The van der Waals surface area contributed by atoms with E-state index < -0.39 is 4.92 Å². The second-order valence-electron chi connectivity index (χ2n) is 6.50. The Morgan fingerprint density at radius 2 is 1.84 bits per heavy atom. The highest BCUT2D eigenvalue weighted by Crippen LogP contribution is 2.33. The number of aryl methyl sites for hydroxylation is 1. The Kier molecular flexibility index (Phi) is 5.42. The molecule has 0 radical (unpaired) electrons. The van der Waals surface area contributed by atoms with Crippen LogP contribution in [0.15, 0.2) is 30.6 Å². The number of benzene rings is 1. The largest absolute Gasteiger partial charge is 0.361 e. The molecule has 0 amide bonds. The predicted molar refractivity (Wildman–Crippen MR) is 98.3 cm³/mol. The normalized spacial score (nSPS) is 15.4. The van der Waals surface area contributed by atoms with E-state index >= 15 is 0 Å². The molecule has 3 rings (SSSR count). The van der Waals surface area contributed by atoms with Crippen LogP contribution >= 0.6 is 0 Å². The molecule has 7 heteroatoms. The van der Waals surface area contributed by atoms with Crippen molar-refractivity contribution >= 4 is 23.0 Å². The maximum absolute atomic E-state index is 11.7. The van der Waals surface area contributed by atoms with E-state index in [-0.39, 0.29) is 17.5 Å². The van der Waals surface area contributed by atoms with E-state index in [0.717, 1.165) is 36.9 Å². The minimum absolute atomic E-state index is 0.103. The van der Waals surface area contributed by atoms with Crippen molar-refractivity contribution in [1.29, 1.82) is 0 Å². The summed E-state index contributed by atoms with van der Waals surface area (Å²) in [6, 6.07) is 7.87. The lowest BCUT2D eigenvalue weighted by molar-refractivity contribution is -0.383. The third kappa shape index (κ3) is 4.43. The second-order valence-corrected chi connectivity index (χ2v) is 6.50. The Labute approximate surface area is 147 Å². The molecular formula is C18H23N5O2. The van der Waals surface area contributed by atoms with E-state index in [9.17, 15) is 10.1 Å². The summed E-state index contributed by atoms with van der Waals surface area (Å²) >= 11 is 0. The second kappa shape index (κ2) is 7.92. The number of rotatable bonds is 5. The van der Waals surface area contributed by atoms with Crippen molar-refractivity contribution in [3.8, 4) is 0 Å². The van der Waals surface area contributed by atoms with Crippen molar-refractivity contribution in [3.05, 3.63) is 46.3 Å². The van der Waals surface area contributed by atoms with Crippen molar-refractivity contribution in [2.24, 2.45) is 0 Å². The lowest BCUT2D eigenvalue weighted by Gasteiger charge is -2.17. The number of anilines is 3. The fraction of sp³-hybridized carbons (Fsp3) is 0.444. The van der Waals surface area contributed by atoms with Gasteiger partial charge in [-0.1, -0.05) is 37.8 Å². The van der Waals surface area contributed by atoms with Gasteiger partial charge < -0.3 is 10.6 Å². The van der Waals surface area contributed by atoms with Gasteiger partial charge in [0.15, 0.2) is 0 Å². The standard InChI is InChI=1S/C18H23N5O2/c1-13-7-6-10-15(11-13)22-18-16(23(24)25)17(19-12-20-18)21-14-8-4-2-3-5-9-14/h6-7,10-12,14H,2-5,8-9H2,1H3,(H2,19,20,21,22). The topological polar surface area (TPSA) is 93.0 Å². The van der Waals surface area contributed by atoms with Crippen LogP contribution in [-0.2, 0) is 0 Å². The fourth-order valence-electron chi connectivity index (χ4n) is 3.23. The molecule has 2 N–H and O–H groups in total. The van der Waals surface area contributed by atoms with Crippen LogP contribution in [0.2, 0.25) is 0 Å². The van der Waals surface area contributed by atoms with Gasteiger partial charge >= 0.3 is 5.69 Å². The van der Waals surface area contributed by atoms with Crippen LogP contribution in [0.5, 0.6) is 0 Å². The maximum atomic E-state index is 11.7. The summed E-state index contributed by atoms with van der Waals surface area (Å²) in [7, 11) is 0. The Bertz CT molecular complexity index is 742. The van der Waals surface area contributed by atoms with Crippen molar-refractivity contribution in [2.45, 2.75) is 51.5 Å². The van der Waals surface area contributed by atoms with Gasteiger partial charge in [-0.25, -0.2) is 9.97 Å². The van der Waals surface area contributed by atoms with Gasteiger partial charge in [-0.05, 0) is 37.5 Å². The molecule has 0 unspecified atom stereocenters. The van der Waals surface area contributed by atoms with Crippen LogP contribution in [0, 0.1) is 17.0 Å². The first-order valence-corrected chi connectivity index (χ1v) is 8.73. The molecule has 0 aliphatic heterocycles. The molecule has 1 aliphatic rings. The zero-order chi connectivity index (χ0) is 17.6. The summed E-state index contributed by atoms with van der Waals surface area (Å²) in [5.74, 6) is 0.503. The summed E-state index contributed by atoms with van der Waals surface area (Å²) in [6.07, 6.45) is 8.14. The van der Waals surface area contributed by atoms with Gasteiger partial charge in [0.2, 0.25) is 11.6 Å². The van der Waals surface area contributed by atoms with Gasteiger partial charge in [0.05, 0.1) is 4.92 Å². The molecular weight excluding hydrogens is 318 g/mol. The maximum Gasteiger partial charge on any atom is 0.353 e. The highest BCUT2D eigenvalue weighted by molar-refractivity contribution is 5.74. The monoisotopic (exact) mass is 341 g/mol. The fourth-order valence-corrected chi connectivity index (χ4v) is 3.23. The Hall–Kier alpha value is -2.70. The van der Waals surface area contributed by atoms with E-state index in [1.807, 2.05) is 31.2 Å². The van der Waals surface area contributed by atoms with Gasteiger partial charge in [-0.3, -0.25) is 10.1 Å². The van der Waals surface area contributed by atoms with E-state index in [1.165, 1.54) is 19.2 Å². The third-order valence-electron chi connectivity index (χ3n) is 4.48. The Morgan fingerprint density at radius 3 is 2.52 bits per heavy atom. The van der Waals surface area contributed by atoms with E-state index in [4.69, 9.17) is 0 Å². The Balaban J connectivity index is 1.87. The molecule has 1 aromatic heterocycles. The molecule has 0 bridgehead atoms. The van der Waals surface area contributed by atoms with Crippen molar-refractivity contribution in [2.75, 3.05) is 10.6 Å². The first-order valence-electron chi connectivity index (χ1n) is 8.73. The molecule has 132 valence electrons.